The third kappa shape index (κ3) is 3.06. The molecule has 1 aromatic rings. The number of ether oxygens (including phenoxy) is 1. The van der Waals surface area contributed by atoms with Crippen molar-refractivity contribution in [2.75, 3.05) is 18.5 Å². The number of hydrogen-bond acceptors (Lipinski definition) is 3. The number of halogens is 2. The Balaban J connectivity index is 1.94. The summed E-state index contributed by atoms with van der Waals surface area (Å²) in [7, 11) is 0. The Bertz CT molecular complexity index is 342. The molecule has 0 aliphatic carbocycles. The first-order valence-corrected chi connectivity index (χ1v) is 6.09. The summed E-state index contributed by atoms with van der Waals surface area (Å²) in [4.78, 5) is 4.04. The second-order valence-corrected chi connectivity index (χ2v) is 4.78. The molecule has 0 radical (unpaired) electrons. The summed E-state index contributed by atoms with van der Waals surface area (Å²) in [5.41, 5.74) is 0.849. The molecule has 1 unspecified atom stereocenters. The maximum Gasteiger partial charge on any atom is 0.152 e. The average molecular weight is 292 g/mol. The van der Waals surface area contributed by atoms with Gasteiger partial charge >= 0.3 is 0 Å². The molecule has 0 spiro atoms. The summed E-state index contributed by atoms with van der Waals surface area (Å²) in [5, 5.41) is 3.74. The largest absolute Gasteiger partial charge is 0.380 e. The zero-order valence-corrected chi connectivity index (χ0v) is 10.5. The topological polar surface area (TPSA) is 34.2 Å². The normalized spacial score (nSPS) is 20.5. The first kappa shape index (κ1) is 11.2. The zero-order valence-electron chi connectivity index (χ0n) is 8.17. The molecule has 2 rings (SSSR count). The van der Waals surface area contributed by atoms with Crippen LogP contribution in [0.5, 0.6) is 0 Å². The minimum atomic E-state index is 0.306. The van der Waals surface area contributed by atoms with Crippen LogP contribution in [0.4, 0.5) is 5.69 Å². The van der Waals surface area contributed by atoms with Gasteiger partial charge in [0, 0.05) is 23.8 Å². The van der Waals surface area contributed by atoms with Crippen molar-refractivity contribution in [3.63, 3.8) is 0 Å². The van der Waals surface area contributed by atoms with E-state index in [0.29, 0.717) is 11.3 Å². The van der Waals surface area contributed by atoms with Crippen molar-refractivity contribution >= 4 is 33.2 Å². The first-order valence-electron chi connectivity index (χ1n) is 4.92. The van der Waals surface area contributed by atoms with E-state index in [-0.39, 0.29) is 0 Å². The van der Waals surface area contributed by atoms with E-state index in [0.717, 1.165) is 36.2 Å². The van der Waals surface area contributed by atoms with Crippen LogP contribution >= 0.6 is 27.5 Å². The van der Waals surface area contributed by atoms with Gasteiger partial charge < -0.3 is 10.1 Å². The average Bonchev–Trinajstić information content (AvgIpc) is 2.72. The van der Waals surface area contributed by atoms with Gasteiger partial charge in [0.2, 0.25) is 0 Å². The third-order valence-corrected chi connectivity index (χ3v) is 3.08. The Hall–Kier alpha value is -0.320. The SMILES string of the molecule is Clc1ncc(Br)cc1NCC1CCCO1. The number of anilines is 1. The van der Waals surface area contributed by atoms with Crippen molar-refractivity contribution in [3.8, 4) is 0 Å². The predicted octanol–water partition coefficient (Wildman–Crippen LogP) is 3.09. The Morgan fingerprint density at radius 2 is 2.53 bits per heavy atom. The van der Waals surface area contributed by atoms with E-state index in [9.17, 15) is 0 Å². The summed E-state index contributed by atoms with van der Waals surface area (Å²) < 4.78 is 6.43. The van der Waals surface area contributed by atoms with Crippen molar-refractivity contribution in [3.05, 3.63) is 21.9 Å². The highest BCUT2D eigenvalue weighted by atomic mass is 79.9. The molecule has 1 fully saturated rings. The van der Waals surface area contributed by atoms with Gasteiger partial charge in [-0.3, -0.25) is 0 Å². The standard InChI is InChI=1S/C10H12BrClN2O/c11-7-4-9(10(12)14-5-7)13-6-8-2-1-3-15-8/h4-5,8,13H,1-3,6H2. The van der Waals surface area contributed by atoms with Crippen LogP contribution in [0.15, 0.2) is 16.7 Å². The van der Waals surface area contributed by atoms with E-state index in [1.165, 1.54) is 0 Å². The fourth-order valence-corrected chi connectivity index (χ4v) is 2.08. The molecule has 1 saturated heterocycles. The minimum Gasteiger partial charge on any atom is -0.380 e. The van der Waals surface area contributed by atoms with Crippen molar-refractivity contribution in [2.45, 2.75) is 18.9 Å². The lowest BCUT2D eigenvalue weighted by molar-refractivity contribution is 0.120. The Morgan fingerprint density at radius 1 is 1.67 bits per heavy atom. The molecule has 3 nitrogen and oxygen atoms in total. The van der Waals surface area contributed by atoms with Crippen molar-refractivity contribution in [1.82, 2.24) is 4.98 Å². The number of pyridine rings is 1. The van der Waals surface area contributed by atoms with Crippen LogP contribution < -0.4 is 5.32 Å². The lowest BCUT2D eigenvalue weighted by Gasteiger charge is -2.12. The third-order valence-electron chi connectivity index (χ3n) is 2.35. The summed E-state index contributed by atoms with van der Waals surface area (Å²) in [6.45, 7) is 1.66. The van der Waals surface area contributed by atoms with Gasteiger partial charge in [0.1, 0.15) is 0 Å². The van der Waals surface area contributed by atoms with E-state index >= 15 is 0 Å². The highest BCUT2D eigenvalue weighted by Crippen LogP contribution is 2.23. The van der Waals surface area contributed by atoms with Crippen LogP contribution in [0.3, 0.4) is 0 Å². The van der Waals surface area contributed by atoms with Crippen LogP contribution in [0.1, 0.15) is 12.8 Å². The fraction of sp³-hybridized carbons (Fsp3) is 0.500. The van der Waals surface area contributed by atoms with Gasteiger partial charge in [-0.1, -0.05) is 11.6 Å². The van der Waals surface area contributed by atoms with E-state index < -0.39 is 0 Å². The molecule has 0 aromatic carbocycles. The second kappa shape index (κ2) is 5.14. The van der Waals surface area contributed by atoms with Crippen LogP contribution in [0.2, 0.25) is 5.15 Å². The predicted molar refractivity (Wildman–Crippen MR) is 64.4 cm³/mol. The van der Waals surface area contributed by atoms with Gasteiger partial charge in [0.25, 0.3) is 0 Å². The summed E-state index contributed by atoms with van der Waals surface area (Å²) >= 11 is 9.30. The molecule has 2 heterocycles. The summed E-state index contributed by atoms with van der Waals surface area (Å²) in [5.74, 6) is 0. The summed E-state index contributed by atoms with van der Waals surface area (Å²) in [6.07, 6.45) is 4.25. The number of hydrogen-bond donors (Lipinski definition) is 1. The molecule has 15 heavy (non-hydrogen) atoms. The van der Waals surface area contributed by atoms with Gasteiger partial charge in [-0.05, 0) is 34.8 Å². The van der Waals surface area contributed by atoms with Gasteiger partial charge in [0.05, 0.1) is 11.8 Å². The molecule has 1 aliphatic heterocycles. The van der Waals surface area contributed by atoms with Crippen molar-refractivity contribution in [2.24, 2.45) is 0 Å². The number of nitrogens with zero attached hydrogens (tertiary/aromatic N) is 1. The molecule has 82 valence electrons. The smallest absolute Gasteiger partial charge is 0.152 e. The molecule has 1 aliphatic rings. The van der Waals surface area contributed by atoms with Gasteiger partial charge in [-0.25, -0.2) is 4.98 Å². The second-order valence-electron chi connectivity index (χ2n) is 3.51. The van der Waals surface area contributed by atoms with Gasteiger partial charge in [0.15, 0.2) is 5.15 Å². The molecule has 0 saturated carbocycles. The van der Waals surface area contributed by atoms with Crippen molar-refractivity contribution < 1.29 is 4.74 Å². The zero-order chi connectivity index (χ0) is 10.7. The van der Waals surface area contributed by atoms with Gasteiger partial charge in [-0.2, -0.15) is 0 Å². The van der Waals surface area contributed by atoms with Crippen LogP contribution in [-0.4, -0.2) is 24.2 Å². The van der Waals surface area contributed by atoms with E-state index in [1.807, 2.05) is 6.07 Å². The van der Waals surface area contributed by atoms with Crippen LogP contribution in [0, 0.1) is 0 Å². The van der Waals surface area contributed by atoms with E-state index in [4.69, 9.17) is 16.3 Å². The molecule has 1 atom stereocenters. The van der Waals surface area contributed by atoms with Crippen LogP contribution in [-0.2, 0) is 4.74 Å². The maximum atomic E-state index is 5.95. The van der Waals surface area contributed by atoms with E-state index in [1.54, 1.807) is 6.20 Å². The molecule has 0 bridgehead atoms. The van der Waals surface area contributed by atoms with E-state index in [2.05, 4.69) is 26.2 Å². The van der Waals surface area contributed by atoms with Crippen molar-refractivity contribution in [1.29, 1.82) is 0 Å². The first-order chi connectivity index (χ1) is 7.25. The molecular formula is C10H12BrClN2O. The van der Waals surface area contributed by atoms with Gasteiger partial charge in [-0.15, -0.1) is 0 Å². The fourth-order valence-electron chi connectivity index (χ4n) is 1.58. The summed E-state index contributed by atoms with van der Waals surface area (Å²) in [6, 6.07) is 1.92. The highest BCUT2D eigenvalue weighted by Gasteiger charge is 2.15. The molecule has 1 aromatic heterocycles. The Labute approximate surface area is 102 Å². The Kier molecular flexibility index (Phi) is 3.83. The number of nitrogens with one attached hydrogen (secondary N) is 1. The molecule has 1 N–H and O–H groups in total. The minimum absolute atomic E-state index is 0.306. The monoisotopic (exact) mass is 290 g/mol. The lowest BCUT2D eigenvalue weighted by Crippen LogP contribution is -2.18. The lowest BCUT2D eigenvalue weighted by atomic mass is 10.2. The molecule has 5 heteroatoms. The maximum absolute atomic E-state index is 5.95. The number of aromatic nitrogens is 1. The quantitative estimate of drug-likeness (QED) is 0.869. The Morgan fingerprint density at radius 3 is 3.27 bits per heavy atom. The molecule has 0 amide bonds. The highest BCUT2D eigenvalue weighted by molar-refractivity contribution is 9.10. The molecular weight excluding hydrogens is 279 g/mol. The number of rotatable bonds is 3. The van der Waals surface area contributed by atoms with Crippen LogP contribution in [0.25, 0.3) is 0 Å².